The topological polar surface area (TPSA) is 37.3 Å². The molecule has 0 bridgehead atoms. The molecule has 0 saturated carbocycles. The molecule has 3 heteroatoms. The van der Waals surface area contributed by atoms with Crippen molar-refractivity contribution in [3.8, 4) is 0 Å². The van der Waals surface area contributed by atoms with Crippen LogP contribution in [0.4, 0.5) is 0 Å². The molecule has 0 aliphatic carbocycles. The minimum Gasteiger partial charge on any atom is -0.481 e. The Balaban J connectivity index is 3.07. The van der Waals surface area contributed by atoms with Crippen molar-refractivity contribution in [3.63, 3.8) is 0 Å². The van der Waals surface area contributed by atoms with Crippen molar-refractivity contribution in [2.24, 2.45) is 0 Å². The summed E-state index contributed by atoms with van der Waals surface area (Å²) in [5.41, 5.74) is 0. The van der Waals surface area contributed by atoms with E-state index in [1.165, 1.54) is 0 Å². The standard InChI is InChI=1S/C8H14O2S/c9-8(10)6-4-2-1-3-5-7-11/h1,3,11H,2,4-7H2,(H,9,10). The number of allylic oxidation sites excluding steroid dienone is 2. The molecule has 0 spiro atoms. The summed E-state index contributed by atoms with van der Waals surface area (Å²) < 4.78 is 0. The van der Waals surface area contributed by atoms with Gasteiger partial charge in [-0.1, -0.05) is 12.2 Å². The average Bonchev–Trinajstić information content (AvgIpc) is 1.96. The van der Waals surface area contributed by atoms with Gasteiger partial charge in [0.05, 0.1) is 0 Å². The maximum Gasteiger partial charge on any atom is 0.303 e. The molecule has 0 aromatic heterocycles. The molecule has 0 atom stereocenters. The van der Waals surface area contributed by atoms with Crippen LogP contribution in [-0.2, 0) is 4.79 Å². The van der Waals surface area contributed by atoms with Crippen LogP contribution in [0.25, 0.3) is 0 Å². The molecular formula is C8H14O2S. The summed E-state index contributed by atoms with van der Waals surface area (Å²) in [6.45, 7) is 0. The van der Waals surface area contributed by atoms with Crippen LogP contribution in [0.2, 0.25) is 0 Å². The fourth-order valence-electron chi connectivity index (χ4n) is 0.681. The summed E-state index contributed by atoms with van der Waals surface area (Å²) in [6, 6.07) is 0. The Kier molecular flexibility index (Phi) is 7.36. The van der Waals surface area contributed by atoms with Crippen LogP contribution < -0.4 is 0 Å². The van der Waals surface area contributed by atoms with Crippen LogP contribution in [0.1, 0.15) is 25.7 Å². The number of unbranched alkanes of at least 4 members (excludes halogenated alkanes) is 1. The smallest absolute Gasteiger partial charge is 0.303 e. The lowest BCUT2D eigenvalue weighted by molar-refractivity contribution is -0.137. The van der Waals surface area contributed by atoms with Crippen molar-refractivity contribution < 1.29 is 9.90 Å². The molecule has 0 saturated heterocycles. The zero-order chi connectivity index (χ0) is 8.53. The Morgan fingerprint density at radius 3 is 2.55 bits per heavy atom. The van der Waals surface area contributed by atoms with Crippen LogP contribution in [0.15, 0.2) is 12.2 Å². The van der Waals surface area contributed by atoms with Gasteiger partial charge < -0.3 is 5.11 Å². The summed E-state index contributed by atoms with van der Waals surface area (Å²) in [5, 5.41) is 8.28. The molecule has 0 fully saturated rings. The van der Waals surface area contributed by atoms with E-state index in [2.05, 4.69) is 12.6 Å². The summed E-state index contributed by atoms with van der Waals surface area (Å²) in [6.07, 6.45) is 6.88. The molecule has 0 rings (SSSR count). The molecule has 0 aromatic carbocycles. The summed E-state index contributed by atoms with van der Waals surface area (Å²) >= 11 is 4.03. The van der Waals surface area contributed by atoms with Crippen molar-refractivity contribution in [3.05, 3.63) is 12.2 Å². The maximum absolute atomic E-state index is 10.1. The van der Waals surface area contributed by atoms with E-state index in [4.69, 9.17) is 5.11 Å². The number of carboxylic acid groups (broad SMARTS) is 1. The first-order valence-electron chi connectivity index (χ1n) is 3.75. The minimum atomic E-state index is -0.715. The van der Waals surface area contributed by atoms with Crippen molar-refractivity contribution in [1.29, 1.82) is 0 Å². The quantitative estimate of drug-likeness (QED) is 0.367. The van der Waals surface area contributed by atoms with Gasteiger partial charge in [-0.25, -0.2) is 0 Å². The number of carbonyl (C=O) groups is 1. The molecule has 2 nitrogen and oxygen atoms in total. The largest absolute Gasteiger partial charge is 0.481 e. The van der Waals surface area contributed by atoms with Gasteiger partial charge >= 0.3 is 5.97 Å². The number of carboxylic acids is 1. The summed E-state index contributed by atoms with van der Waals surface area (Å²) in [4.78, 5) is 10.1. The number of aliphatic carboxylic acids is 1. The minimum absolute atomic E-state index is 0.269. The van der Waals surface area contributed by atoms with Crippen molar-refractivity contribution >= 4 is 18.6 Å². The molecular weight excluding hydrogens is 160 g/mol. The second-order valence-corrected chi connectivity index (χ2v) is 2.72. The summed E-state index contributed by atoms with van der Waals surface area (Å²) in [5.74, 6) is 0.141. The second kappa shape index (κ2) is 7.66. The molecule has 0 amide bonds. The zero-order valence-electron chi connectivity index (χ0n) is 6.49. The van der Waals surface area contributed by atoms with Gasteiger partial charge in [-0.05, 0) is 25.0 Å². The first-order chi connectivity index (χ1) is 5.27. The van der Waals surface area contributed by atoms with Crippen LogP contribution in [0.3, 0.4) is 0 Å². The molecule has 0 unspecified atom stereocenters. The van der Waals surface area contributed by atoms with Gasteiger partial charge in [-0.15, -0.1) is 0 Å². The number of thiol groups is 1. The van der Waals surface area contributed by atoms with Gasteiger partial charge in [0.2, 0.25) is 0 Å². The number of hydrogen-bond acceptors (Lipinski definition) is 2. The Morgan fingerprint density at radius 1 is 1.36 bits per heavy atom. The van der Waals surface area contributed by atoms with Crippen molar-refractivity contribution in [2.45, 2.75) is 25.7 Å². The van der Waals surface area contributed by atoms with Crippen molar-refractivity contribution in [2.75, 3.05) is 5.75 Å². The fourth-order valence-corrected chi connectivity index (χ4v) is 0.830. The van der Waals surface area contributed by atoms with Crippen LogP contribution in [-0.4, -0.2) is 16.8 Å². The average molecular weight is 174 g/mol. The predicted octanol–water partition coefficient (Wildman–Crippen LogP) is 2.12. The Labute approximate surface area is 72.7 Å². The lowest BCUT2D eigenvalue weighted by Crippen LogP contribution is -1.92. The monoisotopic (exact) mass is 174 g/mol. The first-order valence-corrected chi connectivity index (χ1v) is 4.38. The fraction of sp³-hybridized carbons (Fsp3) is 0.625. The molecule has 0 aliphatic rings. The molecule has 0 aromatic rings. The number of hydrogen-bond donors (Lipinski definition) is 2. The molecule has 0 aliphatic heterocycles. The lowest BCUT2D eigenvalue weighted by atomic mass is 10.2. The maximum atomic E-state index is 10.1. The lowest BCUT2D eigenvalue weighted by Gasteiger charge is -1.89. The highest BCUT2D eigenvalue weighted by atomic mass is 32.1. The molecule has 1 N–H and O–H groups in total. The van der Waals surface area contributed by atoms with E-state index in [0.717, 1.165) is 25.0 Å². The second-order valence-electron chi connectivity index (χ2n) is 2.27. The van der Waals surface area contributed by atoms with E-state index in [1.807, 2.05) is 12.2 Å². The van der Waals surface area contributed by atoms with Crippen LogP contribution >= 0.6 is 12.6 Å². The predicted molar refractivity (Wildman–Crippen MR) is 49.1 cm³/mol. The van der Waals surface area contributed by atoms with Gasteiger partial charge in [0, 0.05) is 6.42 Å². The van der Waals surface area contributed by atoms with Gasteiger partial charge in [-0.2, -0.15) is 12.6 Å². The SMILES string of the molecule is O=C(O)CCCC=CCCS. The van der Waals surface area contributed by atoms with Gasteiger partial charge in [0.25, 0.3) is 0 Å². The van der Waals surface area contributed by atoms with E-state index < -0.39 is 5.97 Å². The Hall–Kier alpha value is -0.440. The van der Waals surface area contributed by atoms with Crippen molar-refractivity contribution in [1.82, 2.24) is 0 Å². The first kappa shape index (κ1) is 10.6. The third-order valence-corrected chi connectivity index (χ3v) is 1.48. The van der Waals surface area contributed by atoms with Gasteiger partial charge in [0.15, 0.2) is 0 Å². The molecule has 64 valence electrons. The highest BCUT2D eigenvalue weighted by Gasteiger charge is 1.92. The van der Waals surface area contributed by atoms with E-state index in [-0.39, 0.29) is 6.42 Å². The third kappa shape index (κ3) is 9.56. The van der Waals surface area contributed by atoms with Gasteiger partial charge in [0.1, 0.15) is 0 Å². The molecule has 0 heterocycles. The molecule has 11 heavy (non-hydrogen) atoms. The Morgan fingerprint density at radius 2 is 2.00 bits per heavy atom. The Bertz CT molecular complexity index is 132. The third-order valence-electron chi connectivity index (χ3n) is 1.22. The number of rotatable bonds is 6. The highest BCUT2D eigenvalue weighted by molar-refractivity contribution is 7.80. The van der Waals surface area contributed by atoms with E-state index >= 15 is 0 Å². The highest BCUT2D eigenvalue weighted by Crippen LogP contribution is 1.97. The zero-order valence-corrected chi connectivity index (χ0v) is 7.39. The van der Waals surface area contributed by atoms with Crippen LogP contribution in [0, 0.1) is 0 Å². The van der Waals surface area contributed by atoms with Gasteiger partial charge in [-0.3, -0.25) is 4.79 Å². The van der Waals surface area contributed by atoms with E-state index in [1.54, 1.807) is 0 Å². The summed E-state index contributed by atoms with van der Waals surface area (Å²) in [7, 11) is 0. The molecule has 0 radical (unpaired) electrons. The van der Waals surface area contributed by atoms with Crippen LogP contribution in [0.5, 0.6) is 0 Å². The van der Waals surface area contributed by atoms with E-state index in [0.29, 0.717) is 0 Å². The van der Waals surface area contributed by atoms with E-state index in [9.17, 15) is 4.79 Å². The normalized spacial score (nSPS) is 10.6.